The Morgan fingerprint density at radius 2 is 1.83 bits per heavy atom. The van der Waals surface area contributed by atoms with Crippen LogP contribution in [0.3, 0.4) is 0 Å². The molecule has 1 fully saturated rings. The summed E-state index contributed by atoms with van der Waals surface area (Å²) in [6.45, 7) is 0.364. The number of anilines is 2. The molecule has 3 rings (SSSR count). The molecule has 24 heavy (non-hydrogen) atoms. The normalized spacial score (nSPS) is 16.8. The molecular formula is C18H14BrN3O2. The molecule has 1 unspecified atom stereocenters. The van der Waals surface area contributed by atoms with Crippen LogP contribution in [0, 0.1) is 17.2 Å². The van der Waals surface area contributed by atoms with Crippen LogP contribution in [0.2, 0.25) is 0 Å². The average molecular weight is 384 g/mol. The highest BCUT2D eigenvalue weighted by Gasteiger charge is 2.35. The molecule has 1 saturated heterocycles. The van der Waals surface area contributed by atoms with E-state index in [0.717, 1.165) is 10.2 Å². The van der Waals surface area contributed by atoms with Gasteiger partial charge >= 0.3 is 0 Å². The molecule has 6 heteroatoms. The molecule has 1 heterocycles. The standard InChI is InChI=1S/C18H14BrN3O2/c19-14-3-7-16(8-4-14)22-11-13(9-17(22)23)18(24)21-15-5-1-12(10-20)2-6-15/h1-8,13H,9,11H2,(H,21,24). The van der Waals surface area contributed by atoms with Gasteiger partial charge in [-0.15, -0.1) is 0 Å². The Labute approximate surface area is 148 Å². The number of nitrogens with one attached hydrogen (secondary N) is 1. The van der Waals surface area contributed by atoms with Gasteiger partial charge < -0.3 is 10.2 Å². The summed E-state index contributed by atoms with van der Waals surface area (Å²) in [4.78, 5) is 26.2. The summed E-state index contributed by atoms with van der Waals surface area (Å²) in [5.74, 6) is -0.637. The lowest BCUT2D eigenvalue weighted by molar-refractivity contribution is -0.122. The largest absolute Gasteiger partial charge is 0.326 e. The van der Waals surface area contributed by atoms with Crippen molar-refractivity contribution in [1.29, 1.82) is 5.26 Å². The van der Waals surface area contributed by atoms with E-state index in [1.54, 1.807) is 29.2 Å². The third-order valence-corrected chi connectivity index (χ3v) is 4.44. The second-order valence-electron chi connectivity index (χ2n) is 5.56. The fraction of sp³-hybridized carbons (Fsp3) is 0.167. The predicted molar refractivity (Wildman–Crippen MR) is 94.4 cm³/mol. The molecule has 0 saturated carbocycles. The molecular weight excluding hydrogens is 370 g/mol. The lowest BCUT2D eigenvalue weighted by Gasteiger charge is -2.16. The first-order valence-electron chi connectivity index (χ1n) is 7.44. The number of carbonyl (C=O) groups excluding carboxylic acids is 2. The number of amides is 2. The number of benzene rings is 2. The van der Waals surface area contributed by atoms with E-state index in [1.807, 2.05) is 30.3 Å². The highest BCUT2D eigenvalue weighted by atomic mass is 79.9. The van der Waals surface area contributed by atoms with Crippen LogP contribution in [0.25, 0.3) is 0 Å². The molecule has 0 bridgehead atoms. The molecule has 0 aromatic heterocycles. The van der Waals surface area contributed by atoms with E-state index in [-0.39, 0.29) is 18.2 Å². The molecule has 0 aliphatic carbocycles. The maximum absolute atomic E-state index is 12.4. The van der Waals surface area contributed by atoms with Gasteiger partial charge in [0.25, 0.3) is 0 Å². The van der Waals surface area contributed by atoms with Crippen LogP contribution < -0.4 is 10.2 Å². The van der Waals surface area contributed by atoms with Crippen molar-refractivity contribution in [3.05, 3.63) is 58.6 Å². The molecule has 2 amide bonds. The summed E-state index contributed by atoms with van der Waals surface area (Å²) in [5, 5.41) is 11.6. The lowest BCUT2D eigenvalue weighted by Crippen LogP contribution is -2.28. The van der Waals surface area contributed by atoms with Crippen molar-refractivity contribution in [3.63, 3.8) is 0 Å². The molecule has 0 spiro atoms. The van der Waals surface area contributed by atoms with Crippen molar-refractivity contribution in [2.45, 2.75) is 6.42 Å². The van der Waals surface area contributed by atoms with Crippen molar-refractivity contribution in [1.82, 2.24) is 0 Å². The maximum atomic E-state index is 12.4. The van der Waals surface area contributed by atoms with Crippen LogP contribution in [0.4, 0.5) is 11.4 Å². The lowest BCUT2D eigenvalue weighted by atomic mass is 10.1. The van der Waals surface area contributed by atoms with Crippen molar-refractivity contribution >= 4 is 39.1 Å². The van der Waals surface area contributed by atoms with Crippen molar-refractivity contribution in [2.24, 2.45) is 5.92 Å². The van der Waals surface area contributed by atoms with E-state index in [0.29, 0.717) is 17.8 Å². The van der Waals surface area contributed by atoms with Gasteiger partial charge in [0.05, 0.1) is 17.6 Å². The summed E-state index contributed by atoms with van der Waals surface area (Å²) >= 11 is 3.36. The zero-order chi connectivity index (χ0) is 17.1. The van der Waals surface area contributed by atoms with E-state index < -0.39 is 5.92 Å². The molecule has 5 nitrogen and oxygen atoms in total. The summed E-state index contributed by atoms with van der Waals surface area (Å²) in [6, 6.07) is 16.1. The zero-order valence-corrected chi connectivity index (χ0v) is 14.3. The monoisotopic (exact) mass is 383 g/mol. The van der Waals surface area contributed by atoms with Gasteiger partial charge in [0.2, 0.25) is 11.8 Å². The predicted octanol–water partition coefficient (Wildman–Crippen LogP) is 3.31. The van der Waals surface area contributed by atoms with Crippen molar-refractivity contribution in [3.8, 4) is 6.07 Å². The van der Waals surface area contributed by atoms with E-state index in [2.05, 4.69) is 21.2 Å². The number of carbonyl (C=O) groups is 2. The quantitative estimate of drug-likeness (QED) is 0.883. The topological polar surface area (TPSA) is 73.2 Å². The smallest absolute Gasteiger partial charge is 0.229 e. The Morgan fingerprint density at radius 3 is 2.46 bits per heavy atom. The minimum absolute atomic E-state index is 0.0581. The Morgan fingerprint density at radius 1 is 1.17 bits per heavy atom. The van der Waals surface area contributed by atoms with Gasteiger partial charge in [-0.05, 0) is 48.5 Å². The molecule has 1 aliphatic heterocycles. The van der Waals surface area contributed by atoms with Crippen molar-refractivity contribution < 1.29 is 9.59 Å². The van der Waals surface area contributed by atoms with Crippen LogP contribution in [-0.4, -0.2) is 18.4 Å². The fourth-order valence-corrected chi connectivity index (χ4v) is 2.89. The third-order valence-electron chi connectivity index (χ3n) is 3.92. The molecule has 1 atom stereocenters. The molecule has 0 radical (unpaired) electrons. The Bertz CT molecular complexity index is 810. The van der Waals surface area contributed by atoms with Crippen LogP contribution >= 0.6 is 15.9 Å². The molecule has 120 valence electrons. The van der Waals surface area contributed by atoms with Crippen LogP contribution in [0.5, 0.6) is 0 Å². The molecule has 2 aromatic rings. The van der Waals surface area contributed by atoms with Crippen molar-refractivity contribution in [2.75, 3.05) is 16.8 Å². The summed E-state index contributed by atoms with van der Waals surface area (Å²) in [6.07, 6.45) is 0.193. The Hall–Kier alpha value is -2.65. The first-order valence-corrected chi connectivity index (χ1v) is 8.23. The van der Waals surface area contributed by atoms with Gasteiger partial charge in [-0.3, -0.25) is 9.59 Å². The van der Waals surface area contributed by atoms with Gasteiger partial charge in [-0.25, -0.2) is 0 Å². The number of nitrogens with zero attached hydrogens (tertiary/aromatic N) is 2. The third kappa shape index (κ3) is 3.47. The van der Waals surface area contributed by atoms with Gasteiger partial charge in [-0.2, -0.15) is 5.26 Å². The summed E-state index contributed by atoms with van der Waals surface area (Å²) in [7, 11) is 0. The highest BCUT2D eigenvalue weighted by Crippen LogP contribution is 2.27. The molecule has 1 N–H and O–H groups in total. The van der Waals surface area contributed by atoms with Gasteiger partial charge in [-0.1, -0.05) is 15.9 Å². The van der Waals surface area contributed by atoms with Crippen LogP contribution in [-0.2, 0) is 9.59 Å². The summed E-state index contributed by atoms with van der Waals surface area (Å²) < 4.78 is 0.938. The minimum Gasteiger partial charge on any atom is -0.326 e. The van der Waals surface area contributed by atoms with E-state index >= 15 is 0 Å². The van der Waals surface area contributed by atoms with Crippen LogP contribution in [0.15, 0.2) is 53.0 Å². The van der Waals surface area contributed by atoms with Gasteiger partial charge in [0.1, 0.15) is 0 Å². The fourth-order valence-electron chi connectivity index (χ4n) is 2.63. The van der Waals surface area contributed by atoms with E-state index in [1.165, 1.54) is 0 Å². The average Bonchev–Trinajstić information content (AvgIpc) is 2.98. The SMILES string of the molecule is N#Cc1ccc(NC(=O)C2CC(=O)N(c3ccc(Br)cc3)C2)cc1. The number of rotatable bonds is 3. The number of hydrogen-bond acceptors (Lipinski definition) is 3. The van der Waals surface area contributed by atoms with Gasteiger partial charge in [0, 0.05) is 28.8 Å². The molecule has 1 aliphatic rings. The first-order chi connectivity index (χ1) is 11.6. The Kier molecular flexibility index (Phi) is 4.63. The number of hydrogen-bond donors (Lipinski definition) is 1. The number of nitriles is 1. The molecule has 2 aromatic carbocycles. The Balaban J connectivity index is 1.67. The summed E-state index contributed by atoms with van der Waals surface area (Å²) in [5.41, 5.74) is 1.94. The second-order valence-corrected chi connectivity index (χ2v) is 6.48. The number of halogens is 1. The first kappa shape index (κ1) is 16.2. The second kappa shape index (κ2) is 6.85. The van der Waals surface area contributed by atoms with E-state index in [4.69, 9.17) is 5.26 Å². The highest BCUT2D eigenvalue weighted by molar-refractivity contribution is 9.10. The maximum Gasteiger partial charge on any atom is 0.229 e. The zero-order valence-electron chi connectivity index (χ0n) is 12.7. The van der Waals surface area contributed by atoms with Gasteiger partial charge in [0.15, 0.2) is 0 Å². The minimum atomic E-state index is -0.392. The van der Waals surface area contributed by atoms with Crippen LogP contribution in [0.1, 0.15) is 12.0 Å². The van der Waals surface area contributed by atoms with E-state index in [9.17, 15) is 9.59 Å².